The molecule has 1 atom stereocenters. The fourth-order valence-electron chi connectivity index (χ4n) is 3.99. The first-order chi connectivity index (χ1) is 17.3. The Balaban J connectivity index is 1.47. The Hall–Kier alpha value is -3.90. The summed E-state index contributed by atoms with van der Waals surface area (Å²) in [7, 11) is 0. The van der Waals surface area contributed by atoms with Gasteiger partial charge >= 0.3 is 0 Å². The topological polar surface area (TPSA) is 75.5 Å². The summed E-state index contributed by atoms with van der Waals surface area (Å²) in [4.78, 5) is 25.5. The Morgan fingerprint density at radius 3 is 2.39 bits per heavy atom. The van der Waals surface area contributed by atoms with Gasteiger partial charge in [0.2, 0.25) is 0 Å². The molecule has 1 unspecified atom stereocenters. The summed E-state index contributed by atoms with van der Waals surface area (Å²) in [6.45, 7) is 6.54. The van der Waals surface area contributed by atoms with Crippen LogP contribution in [0.3, 0.4) is 0 Å². The molecule has 6 nitrogen and oxygen atoms in total. The highest BCUT2D eigenvalue weighted by Gasteiger charge is 2.24. The number of aryl methyl sites for hydroxylation is 1. The van der Waals surface area contributed by atoms with Crippen LogP contribution in [-0.2, 0) is 11.3 Å². The molecule has 4 aromatic rings. The van der Waals surface area contributed by atoms with E-state index in [4.69, 9.17) is 11.6 Å². The Bertz CT molecular complexity index is 1390. The molecular weight excluding hydrogens is 472 g/mol. The molecule has 1 aromatic heterocycles. The van der Waals surface area contributed by atoms with E-state index in [0.29, 0.717) is 10.6 Å². The Morgan fingerprint density at radius 1 is 1.00 bits per heavy atom. The van der Waals surface area contributed by atoms with Crippen LogP contribution in [0.1, 0.15) is 40.9 Å². The smallest absolute Gasteiger partial charge is 0.262 e. The minimum Gasteiger partial charge on any atom is -0.342 e. The SMILES string of the molecule is Cc1ccc(Cn2cc(C=NNC(=O)C(NC(=O)c3ccc(Cl)cc3)C(C)C)c3ccccc32)cc1. The van der Waals surface area contributed by atoms with Gasteiger partial charge in [0.15, 0.2) is 0 Å². The predicted octanol–water partition coefficient (Wildman–Crippen LogP) is 5.56. The number of rotatable bonds is 8. The number of amides is 2. The molecule has 7 heteroatoms. The zero-order valence-electron chi connectivity index (χ0n) is 20.5. The summed E-state index contributed by atoms with van der Waals surface area (Å²) in [6.07, 6.45) is 3.67. The Labute approximate surface area is 216 Å². The van der Waals surface area contributed by atoms with Gasteiger partial charge in [-0.1, -0.05) is 73.5 Å². The van der Waals surface area contributed by atoms with E-state index in [-0.39, 0.29) is 17.7 Å². The van der Waals surface area contributed by atoms with Crippen LogP contribution in [0.15, 0.2) is 84.1 Å². The fourth-order valence-corrected chi connectivity index (χ4v) is 4.12. The second-order valence-electron chi connectivity index (χ2n) is 9.15. The van der Waals surface area contributed by atoms with Gasteiger partial charge in [-0.25, -0.2) is 5.43 Å². The molecule has 2 N–H and O–H groups in total. The van der Waals surface area contributed by atoms with Crippen LogP contribution in [0.4, 0.5) is 0 Å². The molecule has 2 amide bonds. The normalized spacial score (nSPS) is 12.2. The molecule has 3 aromatic carbocycles. The van der Waals surface area contributed by atoms with Gasteiger partial charge in [0.25, 0.3) is 11.8 Å². The van der Waals surface area contributed by atoms with Crippen molar-refractivity contribution in [2.75, 3.05) is 0 Å². The molecule has 184 valence electrons. The molecule has 0 spiro atoms. The molecule has 4 rings (SSSR count). The number of carbonyl (C=O) groups excluding carboxylic acids is 2. The number of hydrogen-bond acceptors (Lipinski definition) is 3. The van der Waals surface area contributed by atoms with Crippen LogP contribution in [-0.4, -0.2) is 28.6 Å². The average molecular weight is 501 g/mol. The molecule has 0 aliphatic carbocycles. The summed E-state index contributed by atoms with van der Waals surface area (Å²) < 4.78 is 2.17. The van der Waals surface area contributed by atoms with Gasteiger partial charge in [-0.2, -0.15) is 5.10 Å². The maximum Gasteiger partial charge on any atom is 0.262 e. The quantitative estimate of drug-likeness (QED) is 0.245. The number of fused-ring (bicyclic) bond motifs is 1. The largest absolute Gasteiger partial charge is 0.342 e. The van der Waals surface area contributed by atoms with Crippen LogP contribution in [0.25, 0.3) is 10.9 Å². The van der Waals surface area contributed by atoms with E-state index in [2.05, 4.69) is 57.7 Å². The third kappa shape index (κ3) is 6.01. The summed E-state index contributed by atoms with van der Waals surface area (Å²) in [5, 5.41) is 8.59. The van der Waals surface area contributed by atoms with Crippen LogP contribution in [0.5, 0.6) is 0 Å². The molecule has 0 radical (unpaired) electrons. The molecule has 0 saturated heterocycles. The minimum atomic E-state index is -0.742. The van der Waals surface area contributed by atoms with E-state index in [9.17, 15) is 9.59 Å². The first-order valence-corrected chi connectivity index (χ1v) is 12.2. The number of hydrogen-bond donors (Lipinski definition) is 2. The van der Waals surface area contributed by atoms with E-state index < -0.39 is 6.04 Å². The van der Waals surface area contributed by atoms with Gasteiger partial charge in [-0.3, -0.25) is 9.59 Å². The fraction of sp³-hybridized carbons (Fsp3) is 0.207. The molecule has 0 saturated carbocycles. The zero-order valence-corrected chi connectivity index (χ0v) is 21.3. The summed E-state index contributed by atoms with van der Waals surface area (Å²) >= 11 is 5.90. The number of nitrogens with zero attached hydrogens (tertiary/aromatic N) is 2. The van der Waals surface area contributed by atoms with E-state index in [1.54, 1.807) is 30.5 Å². The lowest BCUT2D eigenvalue weighted by Crippen LogP contribution is -2.48. The Morgan fingerprint density at radius 2 is 1.69 bits per heavy atom. The monoisotopic (exact) mass is 500 g/mol. The van der Waals surface area contributed by atoms with Gasteiger partial charge < -0.3 is 9.88 Å². The number of benzene rings is 3. The van der Waals surface area contributed by atoms with Crippen molar-refractivity contribution in [3.05, 3.63) is 106 Å². The lowest BCUT2D eigenvalue weighted by molar-refractivity contribution is -0.123. The average Bonchev–Trinajstić information content (AvgIpc) is 3.21. The molecule has 36 heavy (non-hydrogen) atoms. The van der Waals surface area contributed by atoms with Crippen molar-refractivity contribution >= 4 is 40.5 Å². The minimum absolute atomic E-state index is 0.132. The number of halogens is 1. The first-order valence-electron chi connectivity index (χ1n) is 11.8. The number of para-hydroxylation sites is 1. The summed E-state index contributed by atoms with van der Waals surface area (Å²) in [5.41, 5.74) is 7.43. The molecule has 1 heterocycles. The number of nitrogens with one attached hydrogen (secondary N) is 2. The maximum absolute atomic E-state index is 12.9. The third-order valence-corrected chi connectivity index (χ3v) is 6.27. The Kier molecular flexibility index (Phi) is 7.86. The predicted molar refractivity (Wildman–Crippen MR) is 145 cm³/mol. The molecule has 0 aliphatic heterocycles. The van der Waals surface area contributed by atoms with Crippen LogP contribution < -0.4 is 10.7 Å². The lowest BCUT2D eigenvalue weighted by Gasteiger charge is -2.20. The van der Waals surface area contributed by atoms with Crippen molar-refractivity contribution in [3.63, 3.8) is 0 Å². The number of aromatic nitrogens is 1. The standard InChI is InChI=1S/C29H29ClN4O2/c1-19(2)27(32-28(35)22-12-14-24(30)15-13-22)29(36)33-31-16-23-18-34(26-7-5-4-6-25(23)26)17-21-10-8-20(3)9-11-21/h4-16,18-19,27H,17H2,1-3H3,(H,32,35)(H,33,36). The van der Waals surface area contributed by atoms with Gasteiger partial charge in [0, 0.05) is 39.8 Å². The maximum atomic E-state index is 12.9. The number of carbonyl (C=O) groups is 2. The number of hydrazone groups is 1. The van der Waals surface area contributed by atoms with Crippen molar-refractivity contribution in [1.82, 2.24) is 15.3 Å². The third-order valence-electron chi connectivity index (χ3n) is 6.01. The first kappa shape index (κ1) is 25.2. The highest BCUT2D eigenvalue weighted by molar-refractivity contribution is 6.30. The van der Waals surface area contributed by atoms with Crippen molar-refractivity contribution in [3.8, 4) is 0 Å². The van der Waals surface area contributed by atoms with Gasteiger partial charge in [-0.05, 0) is 48.7 Å². The van der Waals surface area contributed by atoms with Gasteiger partial charge in [-0.15, -0.1) is 0 Å². The summed E-state index contributed by atoms with van der Waals surface area (Å²) in [5.74, 6) is -0.858. The van der Waals surface area contributed by atoms with Crippen molar-refractivity contribution in [2.24, 2.45) is 11.0 Å². The highest BCUT2D eigenvalue weighted by Crippen LogP contribution is 2.21. The lowest BCUT2D eigenvalue weighted by atomic mass is 10.0. The molecular formula is C29H29ClN4O2. The zero-order chi connectivity index (χ0) is 25.7. The van der Waals surface area contributed by atoms with Gasteiger partial charge in [0.1, 0.15) is 6.04 Å². The van der Waals surface area contributed by atoms with Crippen LogP contribution in [0.2, 0.25) is 5.02 Å². The molecule has 0 fully saturated rings. The van der Waals surface area contributed by atoms with Crippen LogP contribution >= 0.6 is 11.6 Å². The van der Waals surface area contributed by atoms with E-state index in [0.717, 1.165) is 23.0 Å². The second-order valence-corrected chi connectivity index (χ2v) is 9.59. The van der Waals surface area contributed by atoms with E-state index >= 15 is 0 Å². The van der Waals surface area contributed by atoms with Crippen LogP contribution in [0, 0.1) is 12.8 Å². The second kappa shape index (κ2) is 11.2. The highest BCUT2D eigenvalue weighted by atomic mass is 35.5. The molecule has 0 bridgehead atoms. The van der Waals surface area contributed by atoms with E-state index in [1.165, 1.54) is 11.1 Å². The van der Waals surface area contributed by atoms with Crippen molar-refractivity contribution < 1.29 is 9.59 Å². The molecule has 0 aliphatic rings. The van der Waals surface area contributed by atoms with Crippen molar-refractivity contribution in [1.29, 1.82) is 0 Å². The van der Waals surface area contributed by atoms with Crippen molar-refractivity contribution in [2.45, 2.75) is 33.4 Å². The van der Waals surface area contributed by atoms with Gasteiger partial charge in [0.05, 0.1) is 6.21 Å². The summed E-state index contributed by atoms with van der Waals surface area (Å²) in [6, 6.07) is 22.3. The van der Waals surface area contributed by atoms with E-state index in [1.807, 2.05) is 38.2 Å².